The van der Waals surface area contributed by atoms with Gasteiger partial charge >= 0.3 is 0 Å². The Morgan fingerprint density at radius 1 is 1.44 bits per heavy atom. The summed E-state index contributed by atoms with van der Waals surface area (Å²) < 4.78 is 6.31. The van der Waals surface area contributed by atoms with E-state index in [0.29, 0.717) is 5.25 Å². The number of pyridine rings is 1. The van der Waals surface area contributed by atoms with Gasteiger partial charge in [-0.05, 0) is 40.2 Å². The Hall–Kier alpha value is -0.780. The van der Waals surface area contributed by atoms with Crippen LogP contribution in [0.1, 0.15) is 12.7 Å². The lowest BCUT2D eigenvalue weighted by molar-refractivity contribution is 0.484. The van der Waals surface area contributed by atoms with Crippen LogP contribution in [0.2, 0.25) is 0 Å². The molecule has 0 fully saturated rings. The molecule has 0 aliphatic rings. The molecule has 3 nitrogen and oxygen atoms in total. The molecule has 18 heavy (non-hydrogen) atoms. The van der Waals surface area contributed by atoms with Gasteiger partial charge in [-0.1, -0.05) is 6.92 Å². The van der Waals surface area contributed by atoms with Gasteiger partial charge in [0, 0.05) is 22.5 Å². The zero-order valence-electron chi connectivity index (χ0n) is 10.1. The van der Waals surface area contributed by atoms with Crippen LogP contribution in [0.4, 0.5) is 0 Å². The Labute approximate surface area is 120 Å². The summed E-state index contributed by atoms with van der Waals surface area (Å²) in [4.78, 5) is 4.35. The van der Waals surface area contributed by atoms with Crippen LogP contribution in [0, 0.1) is 0 Å². The Bertz CT molecular complexity index is 476. The van der Waals surface area contributed by atoms with E-state index in [1.165, 1.54) is 0 Å². The van der Waals surface area contributed by atoms with Crippen molar-refractivity contribution >= 4 is 27.7 Å². The van der Waals surface area contributed by atoms with Crippen LogP contribution in [-0.4, -0.2) is 16.8 Å². The standard InChI is InChI=1S/C13H15BrN2OS/c1-10(8-15-9-11-4-3-7-17-11)18-13-12(14)5-2-6-16-13/h2-7,10,15H,8-9H2,1H3. The van der Waals surface area contributed by atoms with Gasteiger partial charge in [-0.25, -0.2) is 4.98 Å². The molecule has 0 amide bonds. The average molecular weight is 327 g/mol. The highest BCUT2D eigenvalue weighted by Gasteiger charge is 2.08. The van der Waals surface area contributed by atoms with Crippen molar-refractivity contribution in [2.24, 2.45) is 0 Å². The van der Waals surface area contributed by atoms with Crippen LogP contribution in [0.5, 0.6) is 0 Å². The minimum Gasteiger partial charge on any atom is -0.468 e. The fraction of sp³-hybridized carbons (Fsp3) is 0.308. The van der Waals surface area contributed by atoms with Gasteiger partial charge in [-0.15, -0.1) is 11.8 Å². The maximum atomic E-state index is 5.26. The molecule has 2 aromatic heterocycles. The fourth-order valence-corrected chi connectivity index (χ4v) is 2.92. The second-order valence-electron chi connectivity index (χ2n) is 3.93. The lowest BCUT2D eigenvalue weighted by Gasteiger charge is -2.11. The number of aromatic nitrogens is 1. The van der Waals surface area contributed by atoms with E-state index in [9.17, 15) is 0 Å². The number of nitrogens with zero attached hydrogens (tertiary/aromatic N) is 1. The van der Waals surface area contributed by atoms with E-state index >= 15 is 0 Å². The summed E-state index contributed by atoms with van der Waals surface area (Å²) in [6.07, 6.45) is 3.51. The lowest BCUT2D eigenvalue weighted by atomic mass is 10.4. The Kier molecular flexibility index (Phi) is 5.28. The first-order valence-corrected chi connectivity index (χ1v) is 7.43. The van der Waals surface area contributed by atoms with Crippen molar-refractivity contribution in [2.75, 3.05) is 6.54 Å². The van der Waals surface area contributed by atoms with Gasteiger partial charge in [0.25, 0.3) is 0 Å². The van der Waals surface area contributed by atoms with Crippen molar-refractivity contribution in [2.45, 2.75) is 23.7 Å². The quantitative estimate of drug-likeness (QED) is 0.821. The van der Waals surface area contributed by atoms with E-state index in [2.05, 4.69) is 33.2 Å². The SMILES string of the molecule is CC(CNCc1ccco1)Sc1ncccc1Br. The third-order valence-corrected chi connectivity index (χ3v) is 4.37. The van der Waals surface area contributed by atoms with E-state index in [4.69, 9.17) is 4.42 Å². The van der Waals surface area contributed by atoms with Crippen LogP contribution in [0.25, 0.3) is 0 Å². The summed E-state index contributed by atoms with van der Waals surface area (Å²) >= 11 is 5.26. The molecule has 0 aliphatic heterocycles. The first-order chi connectivity index (χ1) is 8.75. The van der Waals surface area contributed by atoms with E-state index in [-0.39, 0.29) is 0 Å². The molecule has 2 aromatic rings. The minimum atomic E-state index is 0.450. The molecule has 2 heterocycles. The van der Waals surface area contributed by atoms with Crippen LogP contribution in [0.15, 0.2) is 50.6 Å². The largest absolute Gasteiger partial charge is 0.468 e. The molecule has 0 saturated carbocycles. The molecule has 0 bridgehead atoms. The van der Waals surface area contributed by atoms with Crippen molar-refractivity contribution in [3.63, 3.8) is 0 Å². The monoisotopic (exact) mass is 326 g/mol. The smallest absolute Gasteiger partial charge is 0.117 e. The van der Waals surface area contributed by atoms with Crippen molar-refractivity contribution in [3.05, 3.63) is 47.0 Å². The zero-order chi connectivity index (χ0) is 12.8. The van der Waals surface area contributed by atoms with Crippen molar-refractivity contribution < 1.29 is 4.42 Å². The predicted molar refractivity (Wildman–Crippen MR) is 77.7 cm³/mol. The Morgan fingerprint density at radius 3 is 3.06 bits per heavy atom. The molecule has 2 rings (SSSR count). The molecule has 1 atom stereocenters. The lowest BCUT2D eigenvalue weighted by Crippen LogP contribution is -2.22. The van der Waals surface area contributed by atoms with Gasteiger partial charge < -0.3 is 9.73 Å². The number of hydrogen-bond donors (Lipinski definition) is 1. The molecular formula is C13H15BrN2OS. The van der Waals surface area contributed by atoms with Gasteiger partial charge in [0.2, 0.25) is 0 Å². The molecular weight excluding hydrogens is 312 g/mol. The van der Waals surface area contributed by atoms with Crippen molar-refractivity contribution in [1.82, 2.24) is 10.3 Å². The van der Waals surface area contributed by atoms with Crippen molar-refractivity contribution in [3.8, 4) is 0 Å². The number of nitrogens with one attached hydrogen (secondary N) is 1. The molecule has 0 spiro atoms. The second-order valence-corrected chi connectivity index (χ2v) is 6.21. The third-order valence-electron chi connectivity index (χ3n) is 2.35. The molecule has 1 unspecified atom stereocenters. The van der Waals surface area contributed by atoms with Crippen LogP contribution in [0.3, 0.4) is 0 Å². The summed E-state index contributed by atoms with van der Waals surface area (Å²) in [6.45, 7) is 3.86. The first kappa shape index (κ1) is 13.6. The van der Waals surface area contributed by atoms with Gasteiger partial charge in [0.1, 0.15) is 10.8 Å². The van der Waals surface area contributed by atoms with Gasteiger partial charge in [-0.3, -0.25) is 0 Å². The highest BCUT2D eigenvalue weighted by Crippen LogP contribution is 2.27. The van der Waals surface area contributed by atoms with E-state index in [1.54, 1.807) is 18.0 Å². The van der Waals surface area contributed by atoms with E-state index < -0.39 is 0 Å². The summed E-state index contributed by atoms with van der Waals surface area (Å²) in [6, 6.07) is 7.81. The van der Waals surface area contributed by atoms with Crippen LogP contribution >= 0.6 is 27.7 Å². The zero-order valence-corrected chi connectivity index (χ0v) is 12.5. The molecule has 0 saturated heterocycles. The maximum absolute atomic E-state index is 5.26. The first-order valence-electron chi connectivity index (χ1n) is 5.76. The maximum Gasteiger partial charge on any atom is 0.117 e. The van der Waals surface area contributed by atoms with E-state index in [0.717, 1.165) is 28.3 Å². The predicted octanol–water partition coefficient (Wildman–Crippen LogP) is 3.71. The third kappa shape index (κ3) is 4.15. The minimum absolute atomic E-state index is 0.450. The summed E-state index contributed by atoms with van der Waals surface area (Å²) in [7, 11) is 0. The number of furan rings is 1. The number of thioether (sulfide) groups is 1. The highest BCUT2D eigenvalue weighted by atomic mass is 79.9. The van der Waals surface area contributed by atoms with Gasteiger partial charge in [-0.2, -0.15) is 0 Å². The Balaban J connectivity index is 1.75. The number of rotatable bonds is 6. The summed E-state index contributed by atoms with van der Waals surface area (Å²) in [5.41, 5.74) is 0. The molecule has 0 radical (unpaired) electrons. The second kappa shape index (κ2) is 6.97. The van der Waals surface area contributed by atoms with Crippen LogP contribution < -0.4 is 5.32 Å². The summed E-state index contributed by atoms with van der Waals surface area (Å²) in [5.74, 6) is 0.964. The average Bonchev–Trinajstić information content (AvgIpc) is 2.85. The number of hydrogen-bond acceptors (Lipinski definition) is 4. The normalized spacial score (nSPS) is 12.6. The van der Waals surface area contributed by atoms with E-state index in [1.807, 2.05) is 30.5 Å². The molecule has 5 heteroatoms. The Morgan fingerprint density at radius 2 is 2.33 bits per heavy atom. The van der Waals surface area contributed by atoms with Crippen LogP contribution in [-0.2, 0) is 6.54 Å². The summed E-state index contributed by atoms with van der Waals surface area (Å²) in [5, 5.41) is 4.85. The fourth-order valence-electron chi connectivity index (χ4n) is 1.50. The topological polar surface area (TPSA) is 38.1 Å². The molecule has 0 aromatic carbocycles. The van der Waals surface area contributed by atoms with Crippen molar-refractivity contribution in [1.29, 1.82) is 0 Å². The molecule has 1 N–H and O–H groups in total. The molecule has 96 valence electrons. The van der Waals surface area contributed by atoms with Gasteiger partial charge in [0.15, 0.2) is 0 Å². The van der Waals surface area contributed by atoms with Gasteiger partial charge in [0.05, 0.1) is 12.8 Å². The number of halogens is 1. The molecule has 0 aliphatic carbocycles. The highest BCUT2D eigenvalue weighted by molar-refractivity contribution is 9.10.